The number of aliphatic hydroxyl groups is 1. The molecule has 1 atom stereocenters. The second-order valence-electron chi connectivity index (χ2n) is 11.3. The Morgan fingerprint density at radius 2 is 1.92 bits per heavy atom. The van der Waals surface area contributed by atoms with Gasteiger partial charge in [0.15, 0.2) is 0 Å². The Morgan fingerprint density at radius 1 is 1.10 bits per heavy atom. The predicted octanol–water partition coefficient (Wildman–Crippen LogP) is 5.91. The van der Waals surface area contributed by atoms with Crippen molar-refractivity contribution in [2.24, 2.45) is 0 Å². The minimum Gasteiger partial charge on any atom is -0.496 e. The monoisotopic (exact) mass is 698 g/mol. The van der Waals surface area contributed by atoms with Gasteiger partial charge in [0, 0.05) is 42.8 Å². The minimum atomic E-state index is -4.21. The molecule has 4 aromatic rings. The van der Waals surface area contributed by atoms with Crippen molar-refractivity contribution in [3.63, 3.8) is 0 Å². The number of carbonyl (C=O) groups excluding carboxylic acids is 1. The maximum atomic E-state index is 12.9. The molecule has 5 rings (SSSR count). The molecule has 12 nitrogen and oxygen atoms in total. The molecule has 3 aromatic carbocycles. The van der Waals surface area contributed by atoms with Gasteiger partial charge in [0.05, 0.1) is 38.1 Å². The van der Waals surface area contributed by atoms with Gasteiger partial charge in [-0.3, -0.25) is 4.79 Å². The Morgan fingerprint density at radius 3 is 2.67 bits per heavy atom. The Bertz CT molecular complexity index is 1900. The van der Waals surface area contributed by atoms with E-state index >= 15 is 0 Å². The van der Waals surface area contributed by atoms with Gasteiger partial charge in [0.25, 0.3) is 5.95 Å². The van der Waals surface area contributed by atoms with Crippen molar-refractivity contribution in [2.45, 2.75) is 58.0 Å². The molecule has 0 amide bonds. The van der Waals surface area contributed by atoms with E-state index in [0.29, 0.717) is 30.3 Å². The molecule has 0 radical (unpaired) electrons. The molecule has 2 heterocycles. The quantitative estimate of drug-likeness (QED) is 0.0905. The number of nitrogens with zero attached hydrogens (tertiary/aromatic N) is 4. The highest BCUT2D eigenvalue weighted by molar-refractivity contribution is 7.84. The van der Waals surface area contributed by atoms with Crippen LogP contribution in [0.1, 0.15) is 59.9 Å². The molecule has 1 unspecified atom stereocenters. The first-order valence-corrected chi connectivity index (χ1v) is 17.6. The van der Waals surface area contributed by atoms with Crippen molar-refractivity contribution in [3.8, 4) is 11.5 Å². The molecule has 0 saturated heterocycles. The number of methoxy groups -OCH3 is 1. The summed E-state index contributed by atoms with van der Waals surface area (Å²) >= 11 is 6.02. The molecule has 1 N–H and O–H groups in total. The number of fused-ring (bicyclic) bond motifs is 1. The second kappa shape index (κ2) is 15.7. The van der Waals surface area contributed by atoms with Gasteiger partial charge in [-0.05, 0) is 61.6 Å². The van der Waals surface area contributed by atoms with E-state index in [1.165, 1.54) is 13.2 Å². The number of ether oxygens (including phenoxy) is 3. The highest BCUT2D eigenvalue weighted by atomic mass is 35.5. The zero-order chi connectivity index (χ0) is 34.3. The Balaban J connectivity index is 1.38. The third-order valence-electron chi connectivity index (χ3n) is 8.20. The summed E-state index contributed by atoms with van der Waals surface area (Å²) in [4.78, 5) is 12.9. The van der Waals surface area contributed by atoms with Crippen LogP contribution in [0, 0.1) is 6.92 Å². The van der Waals surface area contributed by atoms with E-state index in [9.17, 15) is 18.3 Å². The highest BCUT2D eigenvalue weighted by Gasteiger charge is 2.30. The van der Waals surface area contributed by atoms with Crippen LogP contribution in [0.5, 0.6) is 11.5 Å². The second-order valence-corrected chi connectivity index (χ2v) is 13.1. The van der Waals surface area contributed by atoms with E-state index < -0.39 is 22.2 Å². The van der Waals surface area contributed by atoms with Gasteiger partial charge in [0.2, 0.25) is 0 Å². The first-order chi connectivity index (χ1) is 23.1. The van der Waals surface area contributed by atoms with E-state index in [4.69, 9.17) is 25.8 Å². The molecule has 0 spiro atoms. The van der Waals surface area contributed by atoms with Crippen LogP contribution in [-0.2, 0) is 43.0 Å². The molecule has 1 aliphatic rings. The number of unbranched alkanes of at least 4 members (excludes halogenated alkanes) is 1. The number of para-hydroxylation sites is 1. The number of esters is 1. The van der Waals surface area contributed by atoms with Crippen molar-refractivity contribution in [1.82, 2.24) is 19.3 Å². The number of halogens is 1. The largest absolute Gasteiger partial charge is 0.496 e. The average Bonchev–Trinajstić information content (AvgIpc) is 3.49. The number of carbonyl (C=O) groups is 1. The fourth-order valence-electron chi connectivity index (χ4n) is 5.76. The van der Waals surface area contributed by atoms with Crippen LogP contribution in [0.3, 0.4) is 0 Å². The van der Waals surface area contributed by atoms with Gasteiger partial charge < -0.3 is 23.5 Å². The standard InChI is InChI=1S/C34H39ClN4O8S/c1-4-45-33(41)20-28(24-11-14-30(44-3)26(19-24)22-38-17-15-32(40)47-48(38,42)43)27-12-13-29-34(23(27)2)36-37-39(29)16-7-8-18-46-31-10-6-5-9-25(31)21-35/h5-6,9-15,19,28,40H,4,7-8,16-18,20-22H2,1-3H3. The maximum absolute atomic E-state index is 12.9. The van der Waals surface area contributed by atoms with Gasteiger partial charge in [0.1, 0.15) is 17.0 Å². The summed E-state index contributed by atoms with van der Waals surface area (Å²) in [6, 6.07) is 17.1. The lowest BCUT2D eigenvalue weighted by Gasteiger charge is -2.25. The molecule has 256 valence electrons. The van der Waals surface area contributed by atoms with Gasteiger partial charge in [-0.2, -0.15) is 12.7 Å². The fourth-order valence-corrected chi connectivity index (χ4v) is 6.92. The topological polar surface area (TPSA) is 142 Å². The van der Waals surface area contributed by atoms with Gasteiger partial charge in [-0.1, -0.05) is 41.6 Å². The number of hydrogen-bond acceptors (Lipinski definition) is 10. The lowest BCUT2D eigenvalue weighted by atomic mass is 9.84. The molecule has 14 heteroatoms. The molecule has 1 aromatic heterocycles. The lowest BCUT2D eigenvalue weighted by molar-refractivity contribution is -0.143. The summed E-state index contributed by atoms with van der Waals surface area (Å²) in [5.41, 5.74) is 5.63. The zero-order valence-corrected chi connectivity index (χ0v) is 28.7. The Kier molecular flexibility index (Phi) is 11.5. The molecule has 0 fully saturated rings. The molecule has 48 heavy (non-hydrogen) atoms. The molecule has 0 saturated carbocycles. The summed E-state index contributed by atoms with van der Waals surface area (Å²) in [6.07, 6.45) is 2.96. The summed E-state index contributed by atoms with van der Waals surface area (Å²) in [5, 5.41) is 18.5. The first-order valence-electron chi connectivity index (χ1n) is 15.7. The summed E-state index contributed by atoms with van der Waals surface area (Å²) in [5.74, 6) is 0.187. The minimum absolute atomic E-state index is 0.0503. The van der Waals surface area contributed by atoms with Crippen LogP contribution < -0.4 is 9.47 Å². The van der Waals surface area contributed by atoms with Gasteiger partial charge in [-0.15, -0.1) is 16.7 Å². The highest BCUT2D eigenvalue weighted by Crippen LogP contribution is 2.36. The summed E-state index contributed by atoms with van der Waals surface area (Å²) in [6.45, 7) is 5.01. The van der Waals surface area contributed by atoms with E-state index in [1.54, 1.807) is 13.0 Å². The van der Waals surface area contributed by atoms with Crippen LogP contribution in [-0.4, -0.2) is 65.7 Å². The van der Waals surface area contributed by atoms with Crippen molar-refractivity contribution in [3.05, 3.63) is 94.4 Å². The Hall–Kier alpha value is -4.33. The van der Waals surface area contributed by atoms with E-state index in [1.807, 2.05) is 60.1 Å². The number of rotatable bonds is 15. The van der Waals surface area contributed by atoms with Crippen molar-refractivity contribution >= 4 is 38.9 Å². The van der Waals surface area contributed by atoms with E-state index in [-0.39, 0.29) is 32.1 Å². The zero-order valence-electron chi connectivity index (χ0n) is 27.1. The summed E-state index contributed by atoms with van der Waals surface area (Å²) < 4.78 is 49.6. The van der Waals surface area contributed by atoms with Crippen LogP contribution in [0.15, 0.2) is 66.6 Å². The van der Waals surface area contributed by atoms with Crippen LogP contribution >= 0.6 is 11.6 Å². The van der Waals surface area contributed by atoms with Gasteiger partial charge >= 0.3 is 16.3 Å². The molecule has 0 bridgehead atoms. The average molecular weight is 699 g/mol. The first kappa shape index (κ1) is 35.0. The van der Waals surface area contributed by atoms with Crippen molar-refractivity contribution in [1.29, 1.82) is 0 Å². The molecular weight excluding hydrogens is 660 g/mol. The van der Waals surface area contributed by atoms with Crippen LogP contribution in [0.4, 0.5) is 0 Å². The van der Waals surface area contributed by atoms with E-state index in [0.717, 1.165) is 56.2 Å². The maximum Gasteiger partial charge on any atom is 0.388 e. The normalized spacial score (nSPS) is 15.0. The van der Waals surface area contributed by atoms with Crippen molar-refractivity contribution in [2.75, 3.05) is 26.9 Å². The predicted molar refractivity (Wildman–Crippen MR) is 180 cm³/mol. The number of hydrogen-bond donors (Lipinski definition) is 1. The SMILES string of the molecule is CCOC(=O)CC(c1ccc(OC)c(CN2CC=C(O)OS2(=O)=O)c1)c1ccc2c(nnn2CCCCOc2ccccc2CCl)c1C. The number of aliphatic hydroxyl groups excluding tert-OH is 1. The summed E-state index contributed by atoms with van der Waals surface area (Å²) in [7, 11) is -2.71. The molecule has 0 aliphatic carbocycles. The fraction of sp³-hybridized carbons (Fsp3) is 0.382. The number of aromatic nitrogens is 3. The van der Waals surface area contributed by atoms with Crippen LogP contribution in [0.25, 0.3) is 11.0 Å². The van der Waals surface area contributed by atoms with Gasteiger partial charge in [-0.25, -0.2) is 4.68 Å². The van der Waals surface area contributed by atoms with E-state index in [2.05, 4.69) is 14.5 Å². The van der Waals surface area contributed by atoms with Crippen LogP contribution in [0.2, 0.25) is 0 Å². The Labute approximate surface area is 285 Å². The molecule has 1 aliphatic heterocycles. The number of benzene rings is 3. The third kappa shape index (κ3) is 8.03. The smallest absolute Gasteiger partial charge is 0.388 e. The number of alkyl halides is 1. The van der Waals surface area contributed by atoms with Crippen molar-refractivity contribution < 1.29 is 36.7 Å². The third-order valence-corrected chi connectivity index (χ3v) is 9.78. The lowest BCUT2D eigenvalue weighted by Crippen LogP contribution is -2.35. The molecular formula is C34H39ClN4O8S. The number of aryl methyl sites for hydroxylation is 2.